The number of carbonyl (C=O) groups excluding carboxylic acids is 1. The second kappa shape index (κ2) is 7.09. The number of anilines is 1. The van der Waals surface area contributed by atoms with E-state index in [2.05, 4.69) is 27.9 Å². The first-order chi connectivity index (χ1) is 12.0. The van der Waals surface area contributed by atoms with Crippen LogP contribution in [0.15, 0.2) is 55.6 Å². The Morgan fingerprint density at radius 1 is 1.36 bits per heavy atom. The van der Waals surface area contributed by atoms with Crippen molar-refractivity contribution in [2.75, 3.05) is 5.32 Å². The first-order valence-corrected chi connectivity index (χ1v) is 7.72. The predicted molar refractivity (Wildman–Crippen MR) is 94.7 cm³/mol. The maximum Gasteiger partial charge on any atom is 0.258 e. The van der Waals surface area contributed by atoms with Crippen molar-refractivity contribution in [2.24, 2.45) is 0 Å². The van der Waals surface area contributed by atoms with Gasteiger partial charge in [-0.15, -0.1) is 0 Å². The molecule has 1 amide bonds. The first kappa shape index (κ1) is 16.6. The first-order valence-electron chi connectivity index (χ1n) is 7.72. The molecule has 5 nitrogen and oxygen atoms in total. The Kier molecular flexibility index (Phi) is 4.70. The van der Waals surface area contributed by atoms with Gasteiger partial charge in [0.1, 0.15) is 5.82 Å². The van der Waals surface area contributed by atoms with Crippen LogP contribution in [-0.4, -0.2) is 20.4 Å². The van der Waals surface area contributed by atoms with Crippen LogP contribution in [0.2, 0.25) is 0 Å². The van der Waals surface area contributed by atoms with E-state index in [4.69, 9.17) is 0 Å². The quantitative estimate of drug-likeness (QED) is 0.773. The second-order valence-electron chi connectivity index (χ2n) is 5.67. The van der Waals surface area contributed by atoms with Gasteiger partial charge in [-0.25, -0.2) is 9.37 Å². The van der Waals surface area contributed by atoms with Gasteiger partial charge in [-0.2, -0.15) is 0 Å². The van der Waals surface area contributed by atoms with Crippen molar-refractivity contribution in [1.29, 1.82) is 0 Å². The summed E-state index contributed by atoms with van der Waals surface area (Å²) in [5.41, 5.74) is 2.56. The highest BCUT2D eigenvalue weighted by Crippen LogP contribution is 2.12. The third kappa shape index (κ3) is 3.98. The number of halogens is 1. The molecule has 2 aromatic heterocycles. The van der Waals surface area contributed by atoms with Crippen LogP contribution >= 0.6 is 0 Å². The molecule has 1 N–H and O–H groups in total. The SMILES string of the molecule is C=Cc1ncc(C(=O)Nc2cn(Cc3cccc(C)c3)cn2)cc1F. The molecule has 6 heteroatoms. The van der Waals surface area contributed by atoms with E-state index < -0.39 is 11.7 Å². The van der Waals surface area contributed by atoms with E-state index in [1.54, 1.807) is 12.5 Å². The molecule has 3 aromatic rings. The Bertz CT molecular complexity index is 933. The van der Waals surface area contributed by atoms with Crippen molar-refractivity contribution in [3.05, 3.63) is 83.8 Å². The standard InChI is InChI=1S/C19H17FN4O/c1-3-17-16(20)8-15(9-21-17)19(25)23-18-11-24(12-22-18)10-14-6-4-5-13(2)7-14/h3-9,11-12H,1,10H2,2H3,(H,23,25). The Hall–Kier alpha value is -3.28. The zero-order valence-corrected chi connectivity index (χ0v) is 13.7. The minimum Gasteiger partial charge on any atom is -0.331 e. The van der Waals surface area contributed by atoms with Crippen LogP contribution in [0.4, 0.5) is 10.2 Å². The van der Waals surface area contributed by atoms with Crippen LogP contribution in [0.25, 0.3) is 6.08 Å². The van der Waals surface area contributed by atoms with Crippen LogP contribution < -0.4 is 5.32 Å². The molecular weight excluding hydrogens is 319 g/mol. The van der Waals surface area contributed by atoms with Gasteiger partial charge >= 0.3 is 0 Å². The lowest BCUT2D eigenvalue weighted by atomic mass is 10.1. The molecule has 0 aliphatic carbocycles. The van der Waals surface area contributed by atoms with Crippen molar-refractivity contribution >= 4 is 17.8 Å². The maximum atomic E-state index is 13.7. The maximum absolute atomic E-state index is 13.7. The molecule has 0 aliphatic rings. The lowest BCUT2D eigenvalue weighted by Crippen LogP contribution is -2.13. The average Bonchev–Trinajstić information content (AvgIpc) is 3.01. The fraction of sp³-hybridized carbons (Fsp3) is 0.105. The molecule has 25 heavy (non-hydrogen) atoms. The van der Waals surface area contributed by atoms with Gasteiger partial charge in [0, 0.05) is 18.9 Å². The number of nitrogens with one attached hydrogen (secondary N) is 1. The smallest absolute Gasteiger partial charge is 0.258 e. The van der Waals surface area contributed by atoms with Crippen molar-refractivity contribution < 1.29 is 9.18 Å². The number of aromatic nitrogens is 3. The van der Waals surface area contributed by atoms with Crippen LogP contribution in [0.5, 0.6) is 0 Å². The fourth-order valence-corrected chi connectivity index (χ4v) is 2.44. The number of hydrogen-bond acceptors (Lipinski definition) is 3. The van der Waals surface area contributed by atoms with Crippen LogP contribution in [0.1, 0.15) is 27.2 Å². The number of aryl methyl sites for hydroxylation is 1. The van der Waals surface area contributed by atoms with Crippen molar-refractivity contribution in [1.82, 2.24) is 14.5 Å². The highest BCUT2D eigenvalue weighted by Gasteiger charge is 2.11. The minimum absolute atomic E-state index is 0.110. The summed E-state index contributed by atoms with van der Waals surface area (Å²) in [6.07, 6.45) is 5.96. The number of benzene rings is 1. The summed E-state index contributed by atoms with van der Waals surface area (Å²) < 4.78 is 15.6. The molecule has 3 rings (SSSR count). The topological polar surface area (TPSA) is 59.8 Å². The Morgan fingerprint density at radius 3 is 2.92 bits per heavy atom. The summed E-state index contributed by atoms with van der Waals surface area (Å²) >= 11 is 0. The molecule has 0 atom stereocenters. The van der Waals surface area contributed by atoms with E-state index >= 15 is 0 Å². The van der Waals surface area contributed by atoms with Gasteiger partial charge in [0.15, 0.2) is 5.82 Å². The molecule has 1 aromatic carbocycles. The van der Waals surface area contributed by atoms with Gasteiger partial charge in [-0.3, -0.25) is 9.78 Å². The zero-order valence-electron chi connectivity index (χ0n) is 13.7. The molecule has 2 heterocycles. The molecule has 0 unspecified atom stereocenters. The number of imidazole rings is 1. The molecule has 0 aliphatic heterocycles. The number of hydrogen-bond donors (Lipinski definition) is 1. The zero-order chi connectivity index (χ0) is 17.8. The van der Waals surface area contributed by atoms with Gasteiger partial charge in [0.25, 0.3) is 5.91 Å². The second-order valence-corrected chi connectivity index (χ2v) is 5.67. The molecule has 0 bridgehead atoms. The number of amides is 1. The number of pyridine rings is 1. The summed E-state index contributed by atoms with van der Waals surface area (Å²) in [7, 11) is 0. The monoisotopic (exact) mass is 336 g/mol. The molecule has 0 saturated heterocycles. The van der Waals surface area contributed by atoms with E-state index in [9.17, 15) is 9.18 Å². The minimum atomic E-state index is -0.590. The normalized spacial score (nSPS) is 10.5. The molecular formula is C19H17FN4O. The van der Waals surface area contributed by atoms with E-state index in [0.29, 0.717) is 12.4 Å². The van der Waals surface area contributed by atoms with Gasteiger partial charge in [-0.1, -0.05) is 36.4 Å². The largest absolute Gasteiger partial charge is 0.331 e. The molecule has 0 fully saturated rings. The van der Waals surface area contributed by atoms with Gasteiger partial charge in [-0.05, 0) is 24.6 Å². The third-order valence-corrected chi connectivity index (χ3v) is 3.65. The Labute approximate surface area is 144 Å². The van der Waals surface area contributed by atoms with Gasteiger partial charge in [0.2, 0.25) is 0 Å². The third-order valence-electron chi connectivity index (χ3n) is 3.65. The van der Waals surface area contributed by atoms with Gasteiger partial charge in [0.05, 0.1) is 17.6 Å². The number of nitrogens with zero attached hydrogens (tertiary/aromatic N) is 3. The molecule has 126 valence electrons. The fourth-order valence-electron chi connectivity index (χ4n) is 2.44. The summed E-state index contributed by atoms with van der Waals surface area (Å²) in [5, 5.41) is 2.64. The number of carbonyl (C=O) groups is 1. The van der Waals surface area contributed by atoms with Gasteiger partial charge < -0.3 is 9.88 Å². The van der Waals surface area contributed by atoms with Crippen LogP contribution in [0, 0.1) is 12.7 Å². The summed E-state index contributed by atoms with van der Waals surface area (Å²) in [6.45, 7) is 6.14. The van der Waals surface area contributed by atoms with E-state index in [1.807, 2.05) is 29.7 Å². The Balaban J connectivity index is 1.69. The lowest BCUT2D eigenvalue weighted by Gasteiger charge is -2.04. The predicted octanol–water partition coefficient (Wildman–Crippen LogP) is 3.67. The van der Waals surface area contributed by atoms with E-state index in [0.717, 1.165) is 11.6 Å². The number of rotatable bonds is 5. The van der Waals surface area contributed by atoms with Crippen molar-refractivity contribution in [2.45, 2.75) is 13.5 Å². The summed E-state index contributed by atoms with van der Waals surface area (Å²) in [5.74, 6) is -0.665. The van der Waals surface area contributed by atoms with Crippen LogP contribution in [0.3, 0.4) is 0 Å². The van der Waals surface area contributed by atoms with Crippen molar-refractivity contribution in [3.63, 3.8) is 0 Å². The van der Waals surface area contributed by atoms with E-state index in [1.165, 1.54) is 17.8 Å². The highest BCUT2D eigenvalue weighted by atomic mass is 19.1. The van der Waals surface area contributed by atoms with E-state index in [-0.39, 0.29) is 11.3 Å². The molecule has 0 radical (unpaired) electrons. The lowest BCUT2D eigenvalue weighted by molar-refractivity contribution is 0.102. The van der Waals surface area contributed by atoms with Crippen molar-refractivity contribution in [3.8, 4) is 0 Å². The molecule has 0 saturated carbocycles. The summed E-state index contributed by atoms with van der Waals surface area (Å²) in [4.78, 5) is 20.2. The average molecular weight is 336 g/mol. The Morgan fingerprint density at radius 2 is 2.20 bits per heavy atom. The molecule has 0 spiro atoms. The highest BCUT2D eigenvalue weighted by molar-refractivity contribution is 6.03. The summed E-state index contributed by atoms with van der Waals surface area (Å²) in [6, 6.07) is 9.28. The van der Waals surface area contributed by atoms with Crippen LogP contribution in [-0.2, 0) is 6.54 Å².